The van der Waals surface area contributed by atoms with Crippen molar-refractivity contribution in [2.45, 2.75) is 18.4 Å². The minimum atomic E-state index is -0.628. The maximum Gasteiger partial charge on any atom is 0.252 e. The molecule has 1 saturated heterocycles. The summed E-state index contributed by atoms with van der Waals surface area (Å²) in [5.41, 5.74) is 2.94. The van der Waals surface area contributed by atoms with Crippen LogP contribution in [-0.4, -0.2) is 33.8 Å². The zero-order chi connectivity index (χ0) is 15.7. The van der Waals surface area contributed by atoms with Crippen molar-refractivity contribution in [1.82, 2.24) is 20.1 Å². The van der Waals surface area contributed by atoms with Gasteiger partial charge in [-0.3, -0.25) is 9.48 Å². The van der Waals surface area contributed by atoms with E-state index in [0.717, 1.165) is 41.8 Å². The first-order valence-corrected chi connectivity index (χ1v) is 8.51. The molecule has 8 heteroatoms. The standard InChI is InChI=1S/C16H17N5OS.ClH/c22-15(20-12-2-3-13-14(10-12)23-11-18-13)16(4-7-17-8-5-16)21-9-1-6-19-21;/h1-3,6,9-11,17H,4-5,7-8H2,(H,20,22);1H. The molecule has 0 spiro atoms. The highest BCUT2D eigenvalue weighted by Gasteiger charge is 2.42. The molecular formula is C16H18ClN5OS. The van der Waals surface area contributed by atoms with Gasteiger partial charge in [0.1, 0.15) is 5.54 Å². The minimum absolute atomic E-state index is 0. The van der Waals surface area contributed by atoms with Crippen molar-refractivity contribution in [2.75, 3.05) is 18.4 Å². The Hall–Kier alpha value is -1.96. The van der Waals surface area contributed by atoms with Gasteiger partial charge in [-0.1, -0.05) is 0 Å². The van der Waals surface area contributed by atoms with E-state index in [-0.39, 0.29) is 18.3 Å². The summed E-state index contributed by atoms with van der Waals surface area (Å²) in [7, 11) is 0. The molecule has 0 atom stereocenters. The van der Waals surface area contributed by atoms with Crippen LogP contribution in [0.25, 0.3) is 10.2 Å². The fourth-order valence-corrected chi connectivity index (χ4v) is 3.82. The summed E-state index contributed by atoms with van der Waals surface area (Å²) in [5, 5.41) is 10.7. The van der Waals surface area contributed by atoms with E-state index in [2.05, 4.69) is 20.7 Å². The number of carbonyl (C=O) groups excluding carboxylic acids is 1. The predicted octanol–water partition coefficient (Wildman–Crippen LogP) is 2.63. The van der Waals surface area contributed by atoms with Crippen LogP contribution in [0.2, 0.25) is 0 Å². The van der Waals surface area contributed by atoms with E-state index in [4.69, 9.17) is 0 Å². The van der Waals surface area contributed by atoms with E-state index >= 15 is 0 Å². The van der Waals surface area contributed by atoms with Crippen LogP contribution < -0.4 is 10.6 Å². The van der Waals surface area contributed by atoms with Crippen molar-refractivity contribution in [1.29, 1.82) is 0 Å². The number of anilines is 1. The highest BCUT2D eigenvalue weighted by Crippen LogP contribution is 2.29. The van der Waals surface area contributed by atoms with Crippen LogP contribution in [0, 0.1) is 0 Å². The van der Waals surface area contributed by atoms with Crippen LogP contribution in [0.4, 0.5) is 5.69 Å². The van der Waals surface area contributed by atoms with E-state index in [1.54, 1.807) is 22.2 Å². The van der Waals surface area contributed by atoms with Crippen LogP contribution in [0.1, 0.15) is 12.8 Å². The van der Waals surface area contributed by atoms with Crippen LogP contribution in [0.5, 0.6) is 0 Å². The third kappa shape index (κ3) is 2.90. The number of benzene rings is 1. The number of nitrogens with zero attached hydrogens (tertiary/aromatic N) is 3. The summed E-state index contributed by atoms with van der Waals surface area (Å²) in [6.07, 6.45) is 5.05. The minimum Gasteiger partial charge on any atom is -0.324 e. The topological polar surface area (TPSA) is 71.8 Å². The summed E-state index contributed by atoms with van der Waals surface area (Å²) >= 11 is 1.57. The monoisotopic (exact) mass is 363 g/mol. The Morgan fingerprint density at radius 3 is 2.92 bits per heavy atom. The number of halogens is 1. The van der Waals surface area contributed by atoms with Gasteiger partial charge in [0.05, 0.1) is 15.7 Å². The number of carbonyl (C=O) groups is 1. The van der Waals surface area contributed by atoms with Gasteiger partial charge in [-0.15, -0.1) is 23.7 Å². The molecule has 4 rings (SSSR count). The maximum atomic E-state index is 13.1. The summed E-state index contributed by atoms with van der Waals surface area (Å²) in [4.78, 5) is 17.3. The van der Waals surface area contributed by atoms with Gasteiger partial charge in [-0.2, -0.15) is 5.10 Å². The van der Waals surface area contributed by atoms with Crippen LogP contribution in [0.3, 0.4) is 0 Å². The predicted molar refractivity (Wildman–Crippen MR) is 97.8 cm³/mol. The lowest BCUT2D eigenvalue weighted by molar-refractivity contribution is -0.126. The maximum absolute atomic E-state index is 13.1. The number of amides is 1. The van der Waals surface area contributed by atoms with Gasteiger partial charge < -0.3 is 10.6 Å². The van der Waals surface area contributed by atoms with E-state index in [0.29, 0.717) is 0 Å². The van der Waals surface area contributed by atoms with Gasteiger partial charge in [0.2, 0.25) is 0 Å². The second-order valence-electron chi connectivity index (χ2n) is 5.72. The normalized spacial score (nSPS) is 16.5. The highest BCUT2D eigenvalue weighted by atomic mass is 35.5. The summed E-state index contributed by atoms with van der Waals surface area (Å²) in [6, 6.07) is 7.67. The van der Waals surface area contributed by atoms with Crippen molar-refractivity contribution < 1.29 is 4.79 Å². The molecule has 1 amide bonds. The molecule has 0 saturated carbocycles. The zero-order valence-corrected chi connectivity index (χ0v) is 14.6. The van der Waals surface area contributed by atoms with Gasteiger partial charge in [0.25, 0.3) is 5.91 Å². The lowest BCUT2D eigenvalue weighted by Gasteiger charge is -2.36. The van der Waals surface area contributed by atoms with Crippen molar-refractivity contribution in [2.24, 2.45) is 0 Å². The van der Waals surface area contributed by atoms with Gasteiger partial charge in [-0.05, 0) is 50.2 Å². The molecule has 1 aliphatic rings. The number of thiazole rings is 1. The third-order valence-corrected chi connectivity index (χ3v) is 5.18. The molecule has 1 aliphatic heterocycles. The lowest BCUT2D eigenvalue weighted by atomic mass is 9.87. The van der Waals surface area contributed by atoms with Crippen molar-refractivity contribution in [3.63, 3.8) is 0 Å². The quantitative estimate of drug-likeness (QED) is 0.750. The third-order valence-electron chi connectivity index (χ3n) is 4.39. The highest BCUT2D eigenvalue weighted by molar-refractivity contribution is 7.16. The Bertz CT molecular complexity index is 826. The molecule has 6 nitrogen and oxygen atoms in total. The van der Waals surface area contributed by atoms with Crippen LogP contribution in [0.15, 0.2) is 42.2 Å². The number of hydrogen-bond donors (Lipinski definition) is 2. The number of fused-ring (bicyclic) bond motifs is 1. The van der Waals surface area contributed by atoms with E-state index in [1.165, 1.54) is 0 Å². The lowest BCUT2D eigenvalue weighted by Crippen LogP contribution is -2.52. The Morgan fingerprint density at radius 1 is 1.33 bits per heavy atom. The summed E-state index contributed by atoms with van der Waals surface area (Å²) in [5.74, 6) is -0.00781. The van der Waals surface area contributed by atoms with Gasteiger partial charge in [0.15, 0.2) is 0 Å². The number of piperidine rings is 1. The van der Waals surface area contributed by atoms with E-state index in [9.17, 15) is 4.79 Å². The molecule has 3 heterocycles. The second kappa shape index (κ2) is 6.88. The second-order valence-corrected chi connectivity index (χ2v) is 6.61. The average molecular weight is 364 g/mol. The molecule has 3 aromatic rings. The number of nitrogens with one attached hydrogen (secondary N) is 2. The molecule has 2 N–H and O–H groups in total. The van der Waals surface area contributed by atoms with Crippen molar-refractivity contribution in [3.05, 3.63) is 42.2 Å². The first-order chi connectivity index (χ1) is 11.3. The Labute approximate surface area is 149 Å². The van der Waals surface area contributed by atoms with Gasteiger partial charge in [-0.25, -0.2) is 4.98 Å². The summed E-state index contributed by atoms with van der Waals surface area (Å²) < 4.78 is 2.87. The Morgan fingerprint density at radius 2 is 2.17 bits per heavy atom. The number of aromatic nitrogens is 3. The first kappa shape index (κ1) is 16.9. The van der Waals surface area contributed by atoms with Gasteiger partial charge in [0, 0.05) is 18.1 Å². The molecular weight excluding hydrogens is 346 g/mol. The van der Waals surface area contributed by atoms with Crippen LogP contribution >= 0.6 is 23.7 Å². The first-order valence-electron chi connectivity index (χ1n) is 7.63. The van der Waals surface area contributed by atoms with Crippen molar-refractivity contribution in [3.8, 4) is 0 Å². The van der Waals surface area contributed by atoms with E-state index < -0.39 is 5.54 Å². The fraction of sp³-hybridized carbons (Fsp3) is 0.312. The largest absolute Gasteiger partial charge is 0.324 e. The summed E-state index contributed by atoms with van der Waals surface area (Å²) in [6.45, 7) is 1.61. The molecule has 1 aromatic carbocycles. The Balaban J connectivity index is 0.00000169. The molecule has 126 valence electrons. The molecule has 0 radical (unpaired) electrons. The molecule has 0 aliphatic carbocycles. The molecule has 1 fully saturated rings. The number of hydrogen-bond acceptors (Lipinski definition) is 5. The van der Waals surface area contributed by atoms with Crippen LogP contribution in [-0.2, 0) is 10.3 Å². The molecule has 24 heavy (non-hydrogen) atoms. The smallest absolute Gasteiger partial charge is 0.252 e. The van der Waals surface area contributed by atoms with Gasteiger partial charge >= 0.3 is 0 Å². The Kier molecular flexibility index (Phi) is 4.84. The zero-order valence-electron chi connectivity index (χ0n) is 12.9. The molecule has 0 bridgehead atoms. The number of rotatable bonds is 3. The molecule has 0 unspecified atom stereocenters. The SMILES string of the molecule is Cl.O=C(Nc1ccc2ncsc2c1)C1(n2cccn2)CCNCC1. The fourth-order valence-electron chi connectivity index (χ4n) is 3.10. The van der Waals surface area contributed by atoms with E-state index in [1.807, 2.05) is 36.0 Å². The molecule has 2 aromatic heterocycles. The average Bonchev–Trinajstić information content (AvgIpc) is 3.27. The van der Waals surface area contributed by atoms with Crippen molar-refractivity contribution >= 4 is 45.6 Å².